The number of anilines is 3. The number of amides is 2. The van der Waals surface area contributed by atoms with Crippen LogP contribution in [0.5, 0.6) is 0 Å². The lowest BCUT2D eigenvalue weighted by atomic mass is 9.87. The van der Waals surface area contributed by atoms with Crippen molar-refractivity contribution in [3.63, 3.8) is 0 Å². The molecule has 1 aliphatic rings. The topological polar surface area (TPSA) is 96.5 Å². The van der Waals surface area contributed by atoms with E-state index in [0.29, 0.717) is 30.2 Å². The van der Waals surface area contributed by atoms with E-state index in [9.17, 15) is 9.59 Å². The van der Waals surface area contributed by atoms with Crippen molar-refractivity contribution < 1.29 is 14.3 Å². The van der Waals surface area contributed by atoms with Crippen LogP contribution >= 0.6 is 0 Å². The highest BCUT2D eigenvalue weighted by molar-refractivity contribution is 6.08. The predicted molar refractivity (Wildman–Crippen MR) is 152 cm³/mol. The summed E-state index contributed by atoms with van der Waals surface area (Å²) in [4.78, 5) is 36.4. The van der Waals surface area contributed by atoms with Crippen molar-refractivity contribution in [2.24, 2.45) is 0 Å². The Morgan fingerprint density at radius 2 is 1.74 bits per heavy atom. The van der Waals surface area contributed by atoms with Gasteiger partial charge in [0, 0.05) is 42.8 Å². The molecule has 0 atom stereocenters. The molecular formula is C31H31N5O3. The average molecular weight is 522 g/mol. The molecule has 3 heterocycles. The number of pyridine rings is 2. The zero-order valence-corrected chi connectivity index (χ0v) is 22.3. The SMILES string of the molecule is Cc1ccc(COC(=O)N2CC(C)(C)c3ccc(NC(=O)c4cccnc4NCc4ccncc4)cc32)cc1. The minimum absolute atomic E-state index is 0.193. The molecule has 198 valence electrons. The molecule has 1 aliphatic heterocycles. The Morgan fingerprint density at radius 3 is 2.51 bits per heavy atom. The van der Waals surface area contributed by atoms with Crippen LogP contribution in [0.25, 0.3) is 0 Å². The Bertz CT molecular complexity index is 1490. The van der Waals surface area contributed by atoms with Gasteiger partial charge in [-0.15, -0.1) is 0 Å². The minimum atomic E-state index is -0.416. The second-order valence-electron chi connectivity index (χ2n) is 10.3. The van der Waals surface area contributed by atoms with Gasteiger partial charge in [-0.25, -0.2) is 9.78 Å². The van der Waals surface area contributed by atoms with Gasteiger partial charge in [-0.2, -0.15) is 0 Å². The number of aromatic nitrogens is 2. The molecule has 4 aromatic rings. The van der Waals surface area contributed by atoms with Gasteiger partial charge in [0.2, 0.25) is 0 Å². The third-order valence-corrected chi connectivity index (χ3v) is 6.79. The molecular weight excluding hydrogens is 490 g/mol. The molecule has 2 aromatic carbocycles. The summed E-state index contributed by atoms with van der Waals surface area (Å²) in [6.45, 7) is 7.38. The zero-order valence-electron chi connectivity index (χ0n) is 22.3. The standard InChI is InChI=1S/C31H31N5O3/c1-21-6-8-23(9-7-21)19-39-30(38)36-20-31(2,3)26-11-10-24(17-27(26)36)35-29(37)25-5-4-14-33-28(25)34-18-22-12-15-32-16-13-22/h4-17H,18-20H2,1-3H3,(H,33,34)(H,35,37). The van der Waals surface area contributed by atoms with Crippen LogP contribution in [0.2, 0.25) is 0 Å². The quantitative estimate of drug-likeness (QED) is 0.306. The normalized spacial score (nSPS) is 13.5. The van der Waals surface area contributed by atoms with Crippen LogP contribution in [0.1, 0.15) is 46.5 Å². The summed E-state index contributed by atoms with van der Waals surface area (Å²) in [5.41, 5.74) is 5.60. The lowest BCUT2D eigenvalue weighted by molar-refractivity contribution is 0.102. The molecule has 0 unspecified atom stereocenters. The van der Waals surface area contributed by atoms with Crippen LogP contribution in [0.3, 0.4) is 0 Å². The summed E-state index contributed by atoms with van der Waals surface area (Å²) in [5, 5.41) is 6.20. The van der Waals surface area contributed by atoms with Crippen LogP contribution in [0.4, 0.5) is 22.0 Å². The molecule has 2 amide bonds. The summed E-state index contributed by atoms with van der Waals surface area (Å²) in [5.74, 6) is 0.182. The summed E-state index contributed by atoms with van der Waals surface area (Å²) < 4.78 is 5.65. The van der Waals surface area contributed by atoms with Crippen molar-refractivity contribution >= 4 is 29.2 Å². The number of nitrogens with one attached hydrogen (secondary N) is 2. The summed E-state index contributed by atoms with van der Waals surface area (Å²) in [6, 6.07) is 20.8. The van der Waals surface area contributed by atoms with E-state index in [-0.39, 0.29) is 17.9 Å². The lowest BCUT2D eigenvalue weighted by Crippen LogP contribution is -2.34. The molecule has 8 heteroatoms. The van der Waals surface area contributed by atoms with E-state index < -0.39 is 6.09 Å². The molecule has 0 saturated heterocycles. The van der Waals surface area contributed by atoms with Crippen LogP contribution in [0, 0.1) is 6.92 Å². The second kappa shape index (κ2) is 10.9. The number of carbonyl (C=O) groups is 2. The van der Waals surface area contributed by atoms with Gasteiger partial charge >= 0.3 is 6.09 Å². The second-order valence-corrected chi connectivity index (χ2v) is 10.3. The molecule has 2 N–H and O–H groups in total. The predicted octanol–water partition coefficient (Wildman–Crippen LogP) is 6.08. The first-order valence-electron chi connectivity index (χ1n) is 12.8. The molecule has 2 aromatic heterocycles. The van der Waals surface area contributed by atoms with Gasteiger partial charge in [-0.3, -0.25) is 14.7 Å². The maximum Gasteiger partial charge on any atom is 0.414 e. The van der Waals surface area contributed by atoms with Crippen LogP contribution in [-0.4, -0.2) is 28.5 Å². The molecule has 0 spiro atoms. The third kappa shape index (κ3) is 5.90. The molecule has 0 saturated carbocycles. The van der Waals surface area contributed by atoms with E-state index in [4.69, 9.17) is 4.74 Å². The smallest absolute Gasteiger partial charge is 0.414 e. The van der Waals surface area contributed by atoms with E-state index in [1.165, 1.54) is 0 Å². The molecule has 0 radical (unpaired) electrons. The summed E-state index contributed by atoms with van der Waals surface area (Å²) >= 11 is 0. The van der Waals surface area contributed by atoms with Crippen molar-refractivity contribution in [3.05, 3.63) is 113 Å². The van der Waals surface area contributed by atoms with E-state index in [1.807, 2.05) is 61.5 Å². The van der Waals surface area contributed by atoms with Crippen molar-refractivity contribution in [1.82, 2.24) is 9.97 Å². The Balaban J connectivity index is 1.31. The Kier molecular flexibility index (Phi) is 7.27. The van der Waals surface area contributed by atoms with E-state index in [0.717, 1.165) is 27.9 Å². The maximum atomic E-state index is 13.3. The highest BCUT2D eigenvalue weighted by Gasteiger charge is 2.39. The zero-order chi connectivity index (χ0) is 27.4. The maximum absolute atomic E-state index is 13.3. The van der Waals surface area contributed by atoms with Gasteiger partial charge in [0.1, 0.15) is 12.4 Å². The van der Waals surface area contributed by atoms with Gasteiger partial charge in [-0.1, -0.05) is 49.7 Å². The first-order chi connectivity index (χ1) is 18.8. The molecule has 39 heavy (non-hydrogen) atoms. The molecule has 5 rings (SSSR count). The highest BCUT2D eigenvalue weighted by Crippen LogP contribution is 2.42. The molecule has 0 fully saturated rings. The first kappa shape index (κ1) is 25.9. The molecule has 8 nitrogen and oxygen atoms in total. The van der Waals surface area contributed by atoms with Gasteiger partial charge < -0.3 is 15.4 Å². The number of nitrogens with zero attached hydrogens (tertiary/aromatic N) is 3. The number of aryl methyl sites for hydroxylation is 1. The molecule has 0 bridgehead atoms. The van der Waals surface area contributed by atoms with E-state index >= 15 is 0 Å². The number of fused-ring (bicyclic) bond motifs is 1. The third-order valence-electron chi connectivity index (χ3n) is 6.79. The van der Waals surface area contributed by atoms with Crippen molar-refractivity contribution in [3.8, 4) is 0 Å². The summed E-state index contributed by atoms with van der Waals surface area (Å²) in [7, 11) is 0. The van der Waals surface area contributed by atoms with E-state index in [1.54, 1.807) is 35.6 Å². The number of rotatable bonds is 7. The van der Waals surface area contributed by atoms with Gasteiger partial charge in [0.25, 0.3) is 5.91 Å². The fourth-order valence-corrected chi connectivity index (χ4v) is 4.66. The van der Waals surface area contributed by atoms with Crippen LogP contribution in [-0.2, 0) is 23.3 Å². The molecule has 0 aliphatic carbocycles. The minimum Gasteiger partial charge on any atom is -0.444 e. The van der Waals surface area contributed by atoms with Crippen LogP contribution in [0.15, 0.2) is 85.3 Å². The number of hydrogen-bond acceptors (Lipinski definition) is 6. The van der Waals surface area contributed by atoms with Crippen molar-refractivity contribution in [1.29, 1.82) is 0 Å². The Hall–Kier alpha value is -4.72. The van der Waals surface area contributed by atoms with Crippen molar-refractivity contribution in [2.45, 2.75) is 39.3 Å². The number of benzene rings is 2. The Labute approximate surface area is 228 Å². The van der Waals surface area contributed by atoms with Gasteiger partial charge in [-0.05, 0) is 60.0 Å². The fraction of sp³-hybridized carbons (Fsp3) is 0.226. The number of ether oxygens (including phenoxy) is 1. The lowest BCUT2D eigenvalue weighted by Gasteiger charge is -2.20. The van der Waals surface area contributed by atoms with Crippen LogP contribution < -0.4 is 15.5 Å². The Morgan fingerprint density at radius 1 is 0.974 bits per heavy atom. The highest BCUT2D eigenvalue weighted by atomic mass is 16.6. The number of hydrogen-bond donors (Lipinski definition) is 2. The first-order valence-corrected chi connectivity index (χ1v) is 12.8. The fourth-order valence-electron chi connectivity index (χ4n) is 4.66. The van der Waals surface area contributed by atoms with Crippen molar-refractivity contribution in [2.75, 3.05) is 22.1 Å². The number of carbonyl (C=O) groups excluding carboxylic acids is 2. The average Bonchev–Trinajstić information content (AvgIpc) is 3.22. The van der Waals surface area contributed by atoms with Gasteiger partial charge in [0.15, 0.2) is 0 Å². The van der Waals surface area contributed by atoms with Gasteiger partial charge in [0.05, 0.1) is 11.3 Å². The monoisotopic (exact) mass is 521 g/mol. The largest absolute Gasteiger partial charge is 0.444 e. The van der Waals surface area contributed by atoms with E-state index in [2.05, 4.69) is 34.4 Å². The summed E-state index contributed by atoms with van der Waals surface area (Å²) in [6.07, 6.45) is 4.67.